The molecule has 184 valence electrons. The van der Waals surface area contributed by atoms with Crippen LogP contribution in [-0.2, 0) is 19.6 Å². The summed E-state index contributed by atoms with van der Waals surface area (Å²) in [5.74, 6) is -0.139. The number of amides is 1. The van der Waals surface area contributed by atoms with E-state index in [1.807, 2.05) is 24.3 Å². The third kappa shape index (κ3) is 5.87. The van der Waals surface area contributed by atoms with Gasteiger partial charge in [0.1, 0.15) is 5.75 Å². The topological polar surface area (TPSA) is 96.5 Å². The minimum Gasteiger partial charge on any atom is -0.497 e. The van der Waals surface area contributed by atoms with Crippen molar-refractivity contribution in [2.24, 2.45) is 0 Å². The predicted molar refractivity (Wildman–Crippen MR) is 129 cm³/mol. The van der Waals surface area contributed by atoms with Crippen LogP contribution in [-0.4, -0.2) is 82.5 Å². The molecule has 3 rings (SSSR count). The van der Waals surface area contributed by atoms with Crippen LogP contribution in [0.2, 0.25) is 0 Å². The zero-order valence-electron chi connectivity index (χ0n) is 19.8. The molecule has 0 N–H and O–H groups in total. The first-order chi connectivity index (χ1) is 16.3. The van der Waals surface area contributed by atoms with Crippen LogP contribution in [0.15, 0.2) is 53.4 Å². The normalized spacial score (nSPS) is 14.2. The lowest BCUT2D eigenvalue weighted by molar-refractivity contribution is -0.134. The number of esters is 1. The zero-order chi connectivity index (χ0) is 24.7. The van der Waals surface area contributed by atoms with E-state index in [1.54, 1.807) is 25.9 Å². The number of ether oxygens (including phenoxy) is 2. The molecule has 2 aromatic carbocycles. The summed E-state index contributed by atoms with van der Waals surface area (Å²) in [6, 6.07) is 13.3. The van der Waals surface area contributed by atoms with Crippen molar-refractivity contribution < 1.29 is 27.5 Å². The van der Waals surface area contributed by atoms with Gasteiger partial charge < -0.3 is 19.3 Å². The molecule has 0 radical (unpaired) electrons. The Bertz CT molecular complexity index is 1070. The highest BCUT2D eigenvalue weighted by molar-refractivity contribution is 7.89. The Morgan fingerprint density at radius 3 is 2.03 bits per heavy atom. The number of piperazine rings is 1. The lowest BCUT2D eigenvalue weighted by Crippen LogP contribution is -2.49. The molecule has 1 saturated heterocycles. The average Bonchev–Trinajstić information content (AvgIpc) is 2.88. The molecule has 2 aromatic rings. The monoisotopic (exact) mass is 489 g/mol. The van der Waals surface area contributed by atoms with Crippen molar-refractivity contribution in [3.8, 4) is 5.75 Å². The standard InChI is InChI=1S/C24H31N3O6S/c1-4-27(5-2)34(30,31)22-12-6-19(7-13-22)24(29)33-18-23(28)26-16-14-25(15-17-26)20-8-10-21(32-3)11-9-20/h6-13H,4-5,14-18H2,1-3H3. The van der Waals surface area contributed by atoms with E-state index in [0.717, 1.165) is 11.4 Å². The Labute approximate surface area is 200 Å². The average molecular weight is 490 g/mol. The third-order valence-electron chi connectivity index (χ3n) is 5.83. The van der Waals surface area contributed by atoms with Crippen molar-refractivity contribution in [3.05, 3.63) is 54.1 Å². The Morgan fingerprint density at radius 1 is 0.912 bits per heavy atom. The second-order valence-electron chi connectivity index (χ2n) is 7.76. The van der Waals surface area contributed by atoms with E-state index in [1.165, 1.54) is 28.6 Å². The van der Waals surface area contributed by atoms with E-state index in [9.17, 15) is 18.0 Å². The Kier molecular flexibility index (Phi) is 8.51. The SMILES string of the molecule is CCN(CC)S(=O)(=O)c1ccc(C(=O)OCC(=O)N2CCN(c3ccc(OC)cc3)CC2)cc1. The third-order valence-corrected chi connectivity index (χ3v) is 7.89. The van der Waals surface area contributed by atoms with E-state index in [-0.39, 0.29) is 23.0 Å². The van der Waals surface area contributed by atoms with Gasteiger partial charge in [-0.2, -0.15) is 4.31 Å². The number of sulfonamides is 1. The molecule has 1 heterocycles. The van der Waals surface area contributed by atoms with Crippen LogP contribution in [0.5, 0.6) is 5.75 Å². The number of benzene rings is 2. The number of anilines is 1. The van der Waals surface area contributed by atoms with E-state index in [0.29, 0.717) is 39.3 Å². The first-order valence-corrected chi connectivity index (χ1v) is 12.7. The second kappa shape index (κ2) is 11.3. The first-order valence-electron chi connectivity index (χ1n) is 11.2. The predicted octanol–water partition coefficient (Wildman–Crippen LogP) is 2.23. The molecule has 1 fully saturated rings. The summed E-state index contributed by atoms with van der Waals surface area (Å²) < 4.78 is 36.8. The fourth-order valence-corrected chi connectivity index (χ4v) is 5.24. The lowest BCUT2D eigenvalue weighted by atomic mass is 10.2. The second-order valence-corrected chi connectivity index (χ2v) is 9.69. The van der Waals surface area contributed by atoms with Crippen molar-refractivity contribution in [2.45, 2.75) is 18.7 Å². The Morgan fingerprint density at radius 2 is 1.50 bits per heavy atom. The number of methoxy groups -OCH3 is 1. The number of hydrogen-bond acceptors (Lipinski definition) is 7. The fourth-order valence-electron chi connectivity index (χ4n) is 3.78. The molecule has 0 atom stereocenters. The Balaban J connectivity index is 1.50. The molecule has 10 heteroatoms. The number of hydrogen-bond donors (Lipinski definition) is 0. The van der Waals surface area contributed by atoms with E-state index >= 15 is 0 Å². The highest BCUT2D eigenvalue weighted by atomic mass is 32.2. The van der Waals surface area contributed by atoms with Crippen LogP contribution < -0.4 is 9.64 Å². The van der Waals surface area contributed by atoms with Crippen molar-refractivity contribution >= 4 is 27.6 Å². The summed E-state index contributed by atoms with van der Waals surface area (Å²) in [6.45, 7) is 6.30. The summed E-state index contributed by atoms with van der Waals surface area (Å²) in [4.78, 5) is 28.8. The van der Waals surface area contributed by atoms with Crippen LogP contribution in [0.1, 0.15) is 24.2 Å². The van der Waals surface area contributed by atoms with Gasteiger partial charge >= 0.3 is 5.97 Å². The molecule has 1 amide bonds. The minimum atomic E-state index is -3.60. The van der Waals surface area contributed by atoms with Crippen molar-refractivity contribution in [1.29, 1.82) is 0 Å². The molecule has 0 unspecified atom stereocenters. The van der Waals surface area contributed by atoms with Crippen molar-refractivity contribution in [3.63, 3.8) is 0 Å². The van der Waals surface area contributed by atoms with Crippen LogP contribution in [0.4, 0.5) is 5.69 Å². The van der Waals surface area contributed by atoms with E-state index in [2.05, 4.69) is 4.90 Å². The summed E-state index contributed by atoms with van der Waals surface area (Å²) in [6.07, 6.45) is 0. The summed E-state index contributed by atoms with van der Waals surface area (Å²) in [7, 11) is -1.98. The summed E-state index contributed by atoms with van der Waals surface area (Å²) >= 11 is 0. The van der Waals surface area contributed by atoms with Crippen LogP contribution in [0, 0.1) is 0 Å². The number of rotatable bonds is 9. The molecule has 0 aromatic heterocycles. The zero-order valence-corrected chi connectivity index (χ0v) is 20.6. The van der Waals surface area contributed by atoms with Crippen LogP contribution in [0.3, 0.4) is 0 Å². The molecule has 0 bridgehead atoms. The lowest BCUT2D eigenvalue weighted by Gasteiger charge is -2.36. The molecular formula is C24H31N3O6S. The molecule has 0 spiro atoms. The fraction of sp³-hybridized carbons (Fsp3) is 0.417. The van der Waals surface area contributed by atoms with Gasteiger partial charge in [0.25, 0.3) is 5.91 Å². The van der Waals surface area contributed by atoms with Gasteiger partial charge in [0.15, 0.2) is 6.61 Å². The van der Waals surface area contributed by atoms with Crippen molar-refractivity contribution in [2.75, 3.05) is 57.9 Å². The molecule has 1 aliphatic heterocycles. The van der Waals surface area contributed by atoms with Gasteiger partial charge in [0, 0.05) is 45.0 Å². The van der Waals surface area contributed by atoms with Gasteiger partial charge in [-0.3, -0.25) is 4.79 Å². The maximum Gasteiger partial charge on any atom is 0.338 e. The Hall–Kier alpha value is -3.11. The van der Waals surface area contributed by atoms with Gasteiger partial charge in [0.05, 0.1) is 17.6 Å². The quantitative estimate of drug-likeness (QED) is 0.499. The minimum absolute atomic E-state index is 0.110. The van der Waals surface area contributed by atoms with Crippen molar-refractivity contribution in [1.82, 2.24) is 9.21 Å². The smallest absolute Gasteiger partial charge is 0.338 e. The van der Waals surface area contributed by atoms with Crippen LogP contribution >= 0.6 is 0 Å². The largest absolute Gasteiger partial charge is 0.497 e. The van der Waals surface area contributed by atoms with Gasteiger partial charge in [-0.15, -0.1) is 0 Å². The molecule has 0 aliphatic carbocycles. The number of carbonyl (C=O) groups excluding carboxylic acids is 2. The van der Waals surface area contributed by atoms with E-state index < -0.39 is 16.0 Å². The molecule has 9 nitrogen and oxygen atoms in total. The summed E-state index contributed by atoms with van der Waals surface area (Å²) in [5.41, 5.74) is 1.25. The molecule has 34 heavy (non-hydrogen) atoms. The number of nitrogens with zero attached hydrogens (tertiary/aromatic N) is 3. The molecule has 1 aliphatic rings. The highest BCUT2D eigenvalue weighted by Crippen LogP contribution is 2.21. The first kappa shape index (κ1) is 25.5. The van der Waals surface area contributed by atoms with Gasteiger partial charge in [0.2, 0.25) is 10.0 Å². The maximum atomic E-state index is 12.6. The van der Waals surface area contributed by atoms with Gasteiger partial charge in [-0.05, 0) is 48.5 Å². The number of carbonyl (C=O) groups is 2. The summed E-state index contributed by atoms with van der Waals surface area (Å²) in [5, 5.41) is 0. The van der Waals surface area contributed by atoms with E-state index in [4.69, 9.17) is 9.47 Å². The van der Waals surface area contributed by atoms with Crippen LogP contribution in [0.25, 0.3) is 0 Å². The van der Waals surface area contributed by atoms with Gasteiger partial charge in [-0.25, -0.2) is 13.2 Å². The molecule has 0 saturated carbocycles. The maximum absolute atomic E-state index is 12.6. The molecular weight excluding hydrogens is 458 g/mol. The van der Waals surface area contributed by atoms with Gasteiger partial charge in [-0.1, -0.05) is 13.8 Å². The highest BCUT2D eigenvalue weighted by Gasteiger charge is 2.24.